The monoisotopic (exact) mass is 400 g/mol. The molecule has 2 aromatic carbocycles. The van der Waals surface area contributed by atoms with Crippen LogP contribution in [0.3, 0.4) is 0 Å². The van der Waals surface area contributed by atoms with Gasteiger partial charge in [0.1, 0.15) is 6.10 Å². The van der Waals surface area contributed by atoms with Gasteiger partial charge in [-0.2, -0.15) is 0 Å². The molecular formula is C24H32O5. The molecule has 2 N–H and O–H groups in total. The number of benzene rings is 2. The minimum absolute atomic E-state index is 0.202. The Morgan fingerprint density at radius 2 is 1.62 bits per heavy atom. The highest BCUT2D eigenvalue weighted by molar-refractivity contribution is 5.14. The minimum Gasteiger partial charge on any atom is -0.394 e. The van der Waals surface area contributed by atoms with E-state index in [1.807, 2.05) is 67.6 Å². The zero-order chi connectivity index (χ0) is 20.5. The molecule has 0 unspecified atom stereocenters. The molecule has 0 saturated carbocycles. The van der Waals surface area contributed by atoms with E-state index in [0.29, 0.717) is 26.2 Å². The third-order valence-corrected chi connectivity index (χ3v) is 5.53. The number of ether oxygens (including phenoxy) is 3. The second kappa shape index (κ2) is 10.9. The van der Waals surface area contributed by atoms with Crippen LogP contribution in [0, 0.1) is 0 Å². The maximum atomic E-state index is 10.3. The van der Waals surface area contributed by atoms with Crippen LogP contribution < -0.4 is 0 Å². The summed E-state index contributed by atoms with van der Waals surface area (Å²) in [5.41, 5.74) is 1.65. The van der Waals surface area contributed by atoms with E-state index in [0.717, 1.165) is 24.0 Å². The summed E-state index contributed by atoms with van der Waals surface area (Å²) < 4.78 is 18.1. The van der Waals surface area contributed by atoms with Crippen molar-refractivity contribution in [1.82, 2.24) is 0 Å². The van der Waals surface area contributed by atoms with Crippen LogP contribution in [0.2, 0.25) is 0 Å². The predicted molar refractivity (Wildman–Crippen MR) is 111 cm³/mol. The molecule has 3 rings (SSSR count). The van der Waals surface area contributed by atoms with E-state index in [1.54, 1.807) is 0 Å². The lowest BCUT2D eigenvalue weighted by atomic mass is 9.85. The van der Waals surface area contributed by atoms with Gasteiger partial charge in [-0.25, -0.2) is 0 Å². The van der Waals surface area contributed by atoms with E-state index >= 15 is 0 Å². The minimum atomic E-state index is -0.733. The molecule has 0 aliphatic carbocycles. The molecule has 0 radical (unpaired) electrons. The third kappa shape index (κ3) is 6.36. The molecule has 0 aromatic heterocycles. The molecule has 158 valence electrons. The van der Waals surface area contributed by atoms with Crippen molar-refractivity contribution >= 4 is 0 Å². The Bertz CT molecular complexity index is 708. The Hall–Kier alpha value is -1.76. The number of hydrogen-bond donors (Lipinski definition) is 2. The van der Waals surface area contributed by atoms with Crippen molar-refractivity contribution in [3.8, 4) is 0 Å². The SMILES string of the molecule is C[C@@]1(CCCOCc2ccccc2)O[C@H](CO)[C@@H](O)C[C@H]1OCc1ccccc1. The maximum absolute atomic E-state index is 10.3. The van der Waals surface area contributed by atoms with Gasteiger partial charge < -0.3 is 24.4 Å². The highest BCUT2D eigenvalue weighted by Crippen LogP contribution is 2.35. The molecule has 1 aliphatic heterocycles. The zero-order valence-corrected chi connectivity index (χ0v) is 17.1. The summed E-state index contributed by atoms with van der Waals surface area (Å²) in [5.74, 6) is 0. The Labute approximate surface area is 173 Å². The van der Waals surface area contributed by atoms with Crippen LogP contribution in [0.1, 0.15) is 37.3 Å². The van der Waals surface area contributed by atoms with Crippen molar-refractivity contribution in [2.24, 2.45) is 0 Å². The fourth-order valence-electron chi connectivity index (χ4n) is 3.80. The van der Waals surface area contributed by atoms with E-state index in [9.17, 15) is 10.2 Å². The summed E-state index contributed by atoms with van der Waals surface area (Å²) in [6, 6.07) is 20.1. The lowest BCUT2D eigenvalue weighted by Gasteiger charge is -2.46. The standard InChI is InChI=1S/C24H32O5/c1-24(13-8-14-27-17-19-9-4-2-5-10-19)23(15-21(26)22(16-25)29-24)28-18-20-11-6-3-7-12-20/h2-7,9-12,21-23,25-26H,8,13-18H2,1H3/t21-,22+,23+,24-/m0/s1. The molecule has 1 heterocycles. The Kier molecular flexibility index (Phi) is 8.21. The Balaban J connectivity index is 1.53. The van der Waals surface area contributed by atoms with E-state index in [-0.39, 0.29) is 12.7 Å². The van der Waals surface area contributed by atoms with E-state index in [4.69, 9.17) is 14.2 Å². The Morgan fingerprint density at radius 1 is 1.00 bits per heavy atom. The van der Waals surface area contributed by atoms with Crippen LogP contribution in [0.4, 0.5) is 0 Å². The third-order valence-electron chi connectivity index (χ3n) is 5.53. The van der Waals surface area contributed by atoms with Crippen LogP contribution >= 0.6 is 0 Å². The fraction of sp³-hybridized carbons (Fsp3) is 0.500. The molecule has 0 spiro atoms. The highest BCUT2D eigenvalue weighted by atomic mass is 16.6. The molecular weight excluding hydrogens is 368 g/mol. The summed E-state index contributed by atoms with van der Waals surface area (Å²) >= 11 is 0. The van der Waals surface area contributed by atoms with Crippen molar-refractivity contribution in [2.45, 2.75) is 63.3 Å². The molecule has 5 nitrogen and oxygen atoms in total. The molecule has 0 amide bonds. The van der Waals surface area contributed by atoms with Crippen molar-refractivity contribution in [1.29, 1.82) is 0 Å². The first-order valence-electron chi connectivity index (χ1n) is 10.3. The highest BCUT2D eigenvalue weighted by Gasteiger charge is 2.45. The van der Waals surface area contributed by atoms with Crippen LogP contribution in [0.25, 0.3) is 0 Å². The lowest BCUT2D eigenvalue weighted by Crippen LogP contribution is -2.56. The van der Waals surface area contributed by atoms with Gasteiger partial charge in [-0.3, -0.25) is 0 Å². The molecule has 1 saturated heterocycles. The summed E-state index contributed by atoms with van der Waals surface area (Å²) in [6.45, 7) is 3.47. The van der Waals surface area contributed by atoms with Crippen molar-refractivity contribution in [2.75, 3.05) is 13.2 Å². The molecule has 29 heavy (non-hydrogen) atoms. The van der Waals surface area contributed by atoms with Gasteiger partial charge in [-0.1, -0.05) is 60.7 Å². The van der Waals surface area contributed by atoms with Gasteiger partial charge in [0.2, 0.25) is 0 Å². The largest absolute Gasteiger partial charge is 0.394 e. The summed E-state index contributed by atoms with van der Waals surface area (Å²) in [7, 11) is 0. The fourth-order valence-corrected chi connectivity index (χ4v) is 3.80. The number of hydrogen-bond acceptors (Lipinski definition) is 5. The first kappa shape index (κ1) is 21.9. The summed E-state index contributed by atoms with van der Waals surface area (Å²) in [6.07, 6.45) is 0.409. The number of rotatable bonds is 10. The zero-order valence-electron chi connectivity index (χ0n) is 17.1. The molecule has 1 fully saturated rings. The number of aliphatic hydroxyl groups is 2. The molecule has 5 heteroatoms. The van der Waals surface area contributed by atoms with E-state index in [1.165, 1.54) is 0 Å². The average Bonchev–Trinajstić information content (AvgIpc) is 2.75. The second-order valence-corrected chi connectivity index (χ2v) is 7.88. The second-order valence-electron chi connectivity index (χ2n) is 7.88. The predicted octanol–water partition coefficient (Wildman–Crippen LogP) is 3.47. The summed E-state index contributed by atoms with van der Waals surface area (Å²) in [5, 5.41) is 19.9. The normalized spacial score (nSPS) is 27.1. The molecule has 4 atom stereocenters. The van der Waals surface area contributed by atoms with Gasteiger partial charge in [-0.15, -0.1) is 0 Å². The first-order valence-corrected chi connectivity index (χ1v) is 10.3. The van der Waals surface area contributed by atoms with Gasteiger partial charge >= 0.3 is 0 Å². The molecule has 1 aliphatic rings. The van der Waals surface area contributed by atoms with Crippen LogP contribution in [0.5, 0.6) is 0 Å². The smallest absolute Gasteiger partial charge is 0.107 e. The van der Waals surface area contributed by atoms with Crippen molar-refractivity contribution < 1.29 is 24.4 Å². The summed E-state index contributed by atoms with van der Waals surface area (Å²) in [4.78, 5) is 0. The lowest BCUT2D eigenvalue weighted by molar-refractivity contribution is -0.244. The van der Waals surface area contributed by atoms with Gasteiger partial charge in [0, 0.05) is 13.0 Å². The van der Waals surface area contributed by atoms with Gasteiger partial charge in [-0.05, 0) is 30.9 Å². The van der Waals surface area contributed by atoms with Crippen LogP contribution in [-0.4, -0.2) is 47.3 Å². The maximum Gasteiger partial charge on any atom is 0.107 e. The molecule has 0 bridgehead atoms. The quantitative estimate of drug-likeness (QED) is 0.598. The van der Waals surface area contributed by atoms with Crippen LogP contribution in [-0.2, 0) is 27.4 Å². The van der Waals surface area contributed by atoms with Crippen molar-refractivity contribution in [3.05, 3.63) is 71.8 Å². The van der Waals surface area contributed by atoms with Gasteiger partial charge in [0.25, 0.3) is 0 Å². The van der Waals surface area contributed by atoms with Gasteiger partial charge in [0.15, 0.2) is 0 Å². The van der Waals surface area contributed by atoms with Gasteiger partial charge in [0.05, 0.1) is 37.6 Å². The number of aliphatic hydroxyl groups excluding tert-OH is 2. The van der Waals surface area contributed by atoms with E-state index < -0.39 is 17.8 Å². The molecule has 2 aromatic rings. The topological polar surface area (TPSA) is 68.2 Å². The first-order chi connectivity index (χ1) is 14.1. The van der Waals surface area contributed by atoms with E-state index in [2.05, 4.69) is 0 Å². The Morgan fingerprint density at radius 3 is 2.24 bits per heavy atom. The van der Waals surface area contributed by atoms with Crippen LogP contribution in [0.15, 0.2) is 60.7 Å². The average molecular weight is 401 g/mol. The van der Waals surface area contributed by atoms with Crippen molar-refractivity contribution in [3.63, 3.8) is 0 Å².